The standard InChI is InChI=1S/C25H32N2O6S/c1-27(2)21-9-7-20(8-10-21)6-4-3-5-17-33-22-11-13-23(14-12-22)34(30,31)25(24(28)26-29)15-18-32-19-16-25/h4,6-14,29H,3,5,15-19H2,1-2H3,(H,26,28)/b6-4-. The molecule has 0 unspecified atom stereocenters. The lowest BCUT2D eigenvalue weighted by Gasteiger charge is -2.34. The predicted octanol–water partition coefficient (Wildman–Crippen LogP) is 3.45. The van der Waals surface area contributed by atoms with Gasteiger partial charge in [0.05, 0.1) is 11.5 Å². The number of unbranched alkanes of at least 4 members (excludes halogenated alkanes) is 1. The van der Waals surface area contributed by atoms with Crippen LogP contribution in [-0.2, 0) is 19.4 Å². The van der Waals surface area contributed by atoms with E-state index in [1.807, 2.05) is 14.1 Å². The number of nitrogens with one attached hydrogen (secondary N) is 1. The Morgan fingerprint density at radius 3 is 2.35 bits per heavy atom. The molecule has 0 atom stereocenters. The molecule has 8 nitrogen and oxygen atoms in total. The summed E-state index contributed by atoms with van der Waals surface area (Å²) in [6, 6.07) is 14.3. The number of sulfone groups is 1. The number of hydrogen-bond acceptors (Lipinski definition) is 7. The number of hydroxylamine groups is 1. The Kier molecular flexibility index (Phi) is 8.71. The van der Waals surface area contributed by atoms with Gasteiger partial charge in [0.15, 0.2) is 14.6 Å². The monoisotopic (exact) mass is 488 g/mol. The zero-order valence-electron chi connectivity index (χ0n) is 19.6. The maximum atomic E-state index is 13.2. The van der Waals surface area contributed by atoms with E-state index in [0.29, 0.717) is 12.4 Å². The number of hydrogen-bond donors (Lipinski definition) is 2. The molecule has 34 heavy (non-hydrogen) atoms. The van der Waals surface area contributed by atoms with Gasteiger partial charge in [-0.25, -0.2) is 13.9 Å². The van der Waals surface area contributed by atoms with Gasteiger partial charge >= 0.3 is 0 Å². The maximum absolute atomic E-state index is 13.2. The van der Waals surface area contributed by atoms with Crippen LogP contribution in [0.1, 0.15) is 31.2 Å². The highest BCUT2D eigenvalue weighted by molar-refractivity contribution is 7.93. The van der Waals surface area contributed by atoms with E-state index in [1.165, 1.54) is 17.6 Å². The number of allylic oxidation sites excluding steroid dienone is 1. The Morgan fingerprint density at radius 2 is 1.76 bits per heavy atom. The Hall–Kier alpha value is -2.88. The number of nitrogens with zero attached hydrogens (tertiary/aromatic N) is 1. The van der Waals surface area contributed by atoms with Gasteiger partial charge in [-0.05, 0) is 67.6 Å². The number of benzene rings is 2. The van der Waals surface area contributed by atoms with Crippen molar-refractivity contribution < 1.29 is 27.9 Å². The molecule has 9 heteroatoms. The molecule has 0 aromatic heterocycles. The lowest BCUT2D eigenvalue weighted by molar-refractivity contribution is -0.134. The van der Waals surface area contributed by atoms with Crippen molar-refractivity contribution in [3.63, 3.8) is 0 Å². The second-order valence-electron chi connectivity index (χ2n) is 8.40. The number of anilines is 1. The minimum atomic E-state index is -4.04. The van der Waals surface area contributed by atoms with Crippen LogP contribution in [0.3, 0.4) is 0 Å². The lowest BCUT2D eigenvalue weighted by atomic mass is 9.98. The van der Waals surface area contributed by atoms with Gasteiger partial charge in [0.2, 0.25) is 0 Å². The van der Waals surface area contributed by atoms with Crippen molar-refractivity contribution in [2.75, 3.05) is 38.8 Å². The van der Waals surface area contributed by atoms with E-state index in [4.69, 9.17) is 14.7 Å². The third-order valence-corrected chi connectivity index (χ3v) is 8.48. The molecule has 2 N–H and O–H groups in total. The van der Waals surface area contributed by atoms with E-state index in [1.54, 1.807) is 12.1 Å². The molecule has 0 aliphatic carbocycles. The van der Waals surface area contributed by atoms with Gasteiger partial charge in [0, 0.05) is 33.0 Å². The van der Waals surface area contributed by atoms with Gasteiger partial charge in [0.25, 0.3) is 5.91 Å². The van der Waals surface area contributed by atoms with Crippen molar-refractivity contribution in [1.29, 1.82) is 0 Å². The summed E-state index contributed by atoms with van der Waals surface area (Å²) < 4.78 is 35.7. The first-order valence-corrected chi connectivity index (χ1v) is 12.7. The minimum Gasteiger partial charge on any atom is -0.494 e. The van der Waals surface area contributed by atoms with E-state index < -0.39 is 20.5 Å². The van der Waals surface area contributed by atoms with Crippen molar-refractivity contribution in [2.24, 2.45) is 0 Å². The van der Waals surface area contributed by atoms with Gasteiger partial charge in [-0.15, -0.1) is 0 Å². The molecule has 0 spiro atoms. The summed E-state index contributed by atoms with van der Waals surface area (Å²) in [7, 11) is -0.0184. The van der Waals surface area contributed by atoms with Crippen LogP contribution in [0, 0.1) is 0 Å². The van der Waals surface area contributed by atoms with Crippen molar-refractivity contribution in [3.05, 3.63) is 60.2 Å². The van der Waals surface area contributed by atoms with Crippen molar-refractivity contribution in [3.8, 4) is 5.75 Å². The molecule has 2 aromatic carbocycles. The van der Waals surface area contributed by atoms with Crippen LogP contribution < -0.4 is 15.1 Å². The Bertz CT molecular complexity index is 1070. The number of ether oxygens (including phenoxy) is 2. The van der Waals surface area contributed by atoms with E-state index in [-0.39, 0.29) is 31.0 Å². The summed E-state index contributed by atoms with van der Waals surface area (Å²) in [4.78, 5) is 14.4. The molecule has 1 amide bonds. The maximum Gasteiger partial charge on any atom is 0.265 e. The SMILES string of the molecule is CN(C)c1ccc(/C=C\CCCOc2ccc(S(=O)(=O)C3(C(=O)NO)CCOCC3)cc2)cc1. The number of carbonyl (C=O) groups is 1. The highest BCUT2D eigenvalue weighted by Crippen LogP contribution is 2.35. The number of amides is 1. The summed E-state index contributed by atoms with van der Waals surface area (Å²) >= 11 is 0. The third kappa shape index (κ3) is 5.78. The second kappa shape index (κ2) is 11.5. The second-order valence-corrected chi connectivity index (χ2v) is 10.7. The molecule has 1 heterocycles. The first-order chi connectivity index (χ1) is 16.3. The Labute approximate surface area is 201 Å². The fourth-order valence-corrected chi connectivity index (χ4v) is 5.80. The molecular weight excluding hydrogens is 456 g/mol. The fraction of sp³-hybridized carbons (Fsp3) is 0.400. The van der Waals surface area contributed by atoms with E-state index in [9.17, 15) is 13.2 Å². The Morgan fingerprint density at radius 1 is 1.12 bits per heavy atom. The van der Waals surface area contributed by atoms with Crippen LogP contribution in [0.2, 0.25) is 0 Å². The van der Waals surface area contributed by atoms with Crippen LogP contribution in [0.5, 0.6) is 5.75 Å². The fourth-order valence-electron chi connectivity index (χ4n) is 3.86. The molecule has 184 valence electrons. The first kappa shape index (κ1) is 25.7. The minimum absolute atomic E-state index is 0.00793. The molecule has 3 rings (SSSR count). The molecule has 1 saturated heterocycles. The molecule has 1 aliphatic heterocycles. The van der Waals surface area contributed by atoms with Gasteiger partial charge in [0.1, 0.15) is 5.75 Å². The summed E-state index contributed by atoms with van der Waals surface area (Å²) in [5, 5.41) is 9.13. The molecular formula is C25H32N2O6S. The average Bonchev–Trinajstić information content (AvgIpc) is 2.86. The predicted molar refractivity (Wildman–Crippen MR) is 131 cm³/mol. The summed E-state index contributed by atoms with van der Waals surface area (Å²) in [5.74, 6) is -0.382. The average molecular weight is 489 g/mol. The van der Waals surface area contributed by atoms with Crippen molar-refractivity contribution in [1.82, 2.24) is 5.48 Å². The van der Waals surface area contributed by atoms with E-state index in [0.717, 1.165) is 24.1 Å². The highest BCUT2D eigenvalue weighted by atomic mass is 32.2. The van der Waals surface area contributed by atoms with Crippen LogP contribution in [-0.4, -0.2) is 58.2 Å². The summed E-state index contributed by atoms with van der Waals surface area (Å²) in [6.07, 6.45) is 5.80. The molecule has 0 bridgehead atoms. The third-order valence-electron chi connectivity index (χ3n) is 5.97. The van der Waals surface area contributed by atoms with Crippen molar-refractivity contribution in [2.45, 2.75) is 35.3 Å². The molecule has 0 radical (unpaired) electrons. The molecule has 2 aromatic rings. The van der Waals surface area contributed by atoms with Gasteiger partial charge < -0.3 is 14.4 Å². The number of carbonyl (C=O) groups excluding carboxylic acids is 1. The van der Waals surface area contributed by atoms with Crippen LogP contribution >= 0.6 is 0 Å². The van der Waals surface area contributed by atoms with Crippen LogP contribution in [0.15, 0.2) is 59.5 Å². The van der Waals surface area contributed by atoms with Crippen molar-refractivity contribution >= 4 is 27.5 Å². The smallest absolute Gasteiger partial charge is 0.265 e. The largest absolute Gasteiger partial charge is 0.494 e. The van der Waals surface area contributed by atoms with E-state index >= 15 is 0 Å². The van der Waals surface area contributed by atoms with Gasteiger partial charge in [-0.3, -0.25) is 10.0 Å². The zero-order valence-corrected chi connectivity index (χ0v) is 20.4. The lowest BCUT2D eigenvalue weighted by Crippen LogP contribution is -2.54. The molecule has 1 aliphatic rings. The van der Waals surface area contributed by atoms with E-state index in [2.05, 4.69) is 41.3 Å². The Balaban J connectivity index is 1.53. The quantitative estimate of drug-likeness (QED) is 0.300. The normalized spacial score (nSPS) is 15.7. The molecule has 1 fully saturated rings. The molecule has 0 saturated carbocycles. The topological polar surface area (TPSA) is 105 Å². The van der Waals surface area contributed by atoms with Gasteiger partial charge in [-0.1, -0.05) is 24.3 Å². The highest BCUT2D eigenvalue weighted by Gasteiger charge is 2.52. The summed E-state index contributed by atoms with van der Waals surface area (Å²) in [6.45, 7) is 0.748. The van der Waals surface area contributed by atoms with Crippen LogP contribution in [0.4, 0.5) is 5.69 Å². The first-order valence-electron chi connectivity index (χ1n) is 11.2. The van der Waals surface area contributed by atoms with Crippen LogP contribution in [0.25, 0.3) is 6.08 Å². The summed E-state index contributed by atoms with van der Waals surface area (Å²) in [5.41, 5.74) is 3.81. The zero-order chi connectivity index (χ0) is 24.6. The number of rotatable bonds is 10. The van der Waals surface area contributed by atoms with Gasteiger partial charge in [-0.2, -0.15) is 0 Å².